The number of aromatic nitrogens is 3. The van der Waals surface area contributed by atoms with Gasteiger partial charge >= 0.3 is 17.9 Å². The van der Waals surface area contributed by atoms with E-state index in [9.17, 15) is 19.2 Å². The molecule has 224 valence electrons. The number of esters is 3. The maximum atomic E-state index is 12.3. The molecule has 12 nitrogen and oxygen atoms in total. The first-order valence-electron chi connectivity index (χ1n) is 13.3. The standard InChI is InChI=1S/C27H35ClN4O8S/c1-6-7-10-13-32-25(19-11-8-9-12-20(19)28)30-31-27(32)41-26-22(29-15(2)33)24(39-18(5)36)23(38-17(4)35)21(40-26)14-37-16(3)34/h8-9,11-12,21-24,26H,6-7,10,13-14H2,1-5H3,(H,29,33). The third-order valence-electron chi connectivity index (χ3n) is 6.11. The minimum Gasteiger partial charge on any atom is -0.463 e. The summed E-state index contributed by atoms with van der Waals surface area (Å²) in [6.45, 7) is 7.33. The van der Waals surface area contributed by atoms with Gasteiger partial charge in [0.25, 0.3) is 0 Å². The first-order valence-corrected chi connectivity index (χ1v) is 14.5. The molecule has 1 amide bonds. The molecule has 0 spiro atoms. The van der Waals surface area contributed by atoms with E-state index in [1.807, 2.05) is 22.8 Å². The summed E-state index contributed by atoms with van der Waals surface area (Å²) >= 11 is 7.63. The summed E-state index contributed by atoms with van der Waals surface area (Å²) in [4.78, 5) is 48.1. The maximum Gasteiger partial charge on any atom is 0.303 e. The number of halogens is 1. The van der Waals surface area contributed by atoms with Gasteiger partial charge in [-0.15, -0.1) is 10.2 Å². The van der Waals surface area contributed by atoms with Gasteiger partial charge in [0.15, 0.2) is 23.2 Å². The van der Waals surface area contributed by atoms with Crippen molar-refractivity contribution < 1.29 is 38.1 Å². The van der Waals surface area contributed by atoms with E-state index < -0.39 is 53.6 Å². The lowest BCUT2D eigenvalue weighted by Gasteiger charge is -2.44. The van der Waals surface area contributed by atoms with Gasteiger partial charge in [0.1, 0.15) is 24.2 Å². The van der Waals surface area contributed by atoms with Crippen molar-refractivity contribution in [1.29, 1.82) is 0 Å². The monoisotopic (exact) mass is 610 g/mol. The number of thioether (sulfide) groups is 1. The molecule has 14 heteroatoms. The van der Waals surface area contributed by atoms with Crippen LogP contribution in [0.15, 0.2) is 29.4 Å². The first kappa shape index (κ1) is 32.4. The summed E-state index contributed by atoms with van der Waals surface area (Å²) in [5.41, 5.74) is -0.211. The van der Waals surface area contributed by atoms with Crippen LogP contribution < -0.4 is 5.32 Å². The molecule has 1 fully saturated rings. The number of hydrogen-bond donors (Lipinski definition) is 1. The maximum absolute atomic E-state index is 12.3. The lowest BCUT2D eigenvalue weighted by molar-refractivity contribution is -0.211. The molecular formula is C27H35ClN4O8S. The average molecular weight is 611 g/mol. The topological polar surface area (TPSA) is 148 Å². The summed E-state index contributed by atoms with van der Waals surface area (Å²) in [5.74, 6) is -1.78. The predicted molar refractivity (Wildman–Crippen MR) is 150 cm³/mol. The Morgan fingerprint density at radius 2 is 1.68 bits per heavy atom. The van der Waals surface area contributed by atoms with Crippen LogP contribution in [-0.4, -0.2) is 75.0 Å². The molecule has 1 aliphatic rings. The van der Waals surface area contributed by atoms with Crippen LogP contribution in [0.3, 0.4) is 0 Å². The molecule has 3 rings (SSSR count). The summed E-state index contributed by atoms with van der Waals surface area (Å²) in [7, 11) is 0. The Morgan fingerprint density at radius 1 is 1.00 bits per heavy atom. The Balaban J connectivity index is 2.06. The summed E-state index contributed by atoms with van der Waals surface area (Å²) in [6, 6.07) is 6.33. The molecule has 2 aromatic rings. The molecule has 0 aliphatic carbocycles. The van der Waals surface area contributed by atoms with Crippen molar-refractivity contribution in [3.8, 4) is 11.4 Å². The third kappa shape index (κ3) is 8.91. The molecule has 0 saturated carbocycles. The normalized spacial score (nSPS) is 22.0. The molecule has 2 heterocycles. The molecule has 1 N–H and O–H groups in total. The fraction of sp³-hybridized carbons (Fsp3) is 0.556. The van der Waals surface area contributed by atoms with Crippen LogP contribution in [0.2, 0.25) is 5.02 Å². The molecule has 41 heavy (non-hydrogen) atoms. The number of unbranched alkanes of at least 4 members (excludes halogenated alkanes) is 2. The van der Waals surface area contributed by atoms with Crippen molar-refractivity contribution in [1.82, 2.24) is 20.1 Å². The number of ether oxygens (including phenoxy) is 4. The van der Waals surface area contributed by atoms with Crippen molar-refractivity contribution >= 4 is 47.2 Å². The van der Waals surface area contributed by atoms with Crippen LogP contribution in [0.25, 0.3) is 11.4 Å². The van der Waals surface area contributed by atoms with Gasteiger partial charge in [-0.1, -0.05) is 55.3 Å². The van der Waals surface area contributed by atoms with E-state index in [1.165, 1.54) is 27.7 Å². The van der Waals surface area contributed by atoms with Gasteiger partial charge in [-0.25, -0.2) is 0 Å². The molecule has 0 radical (unpaired) electrons. The Labute approximate surface area is 247 Å². The SMILES string of the molecule is CCCCCn1c(SC2OC(COC(C)=O)C(OC(C)=O)C(OC(C)=O)C2NC(C)=O)nnc1-c1ccccc1Cl. The number of benzene rings is 1. The van der Waals surface area contributed by atoms with E-state index in [-0.39, 0.29) is 6.61 Å². The molecule has 5 unspecified atom stereocenters. The highest BCUT2D eigenvalue weighted by atomic mass is 35.5. The fourth-order valence-corrected chi connectivity index (χ4v) is 5.82. The van der Waals surface area contributed by atoms with Gasteiger partial charge in [0.2, 0.25) is 5.91 Å². The van der Waals surface area contributed by atoms with E-state index in [2.05, 4.69) is 22.4 Å². The van der Waals surface area contributed by atoms with E-state index in [1.54, 1.807) is 6.07 Å². The second-order valence-corrected chi connectivity index (χ2v) is 11.0. The minimum absolute atomic E-state index is 0.289. The first-order chi connectivity index (χ1) is 19.5. The highest BCUT2D eigenvalue weighted by Crippen LogP contribution is 2.37. The zero-order chi connectivity index (χ0) is 30.1. The smallest absolute Gasteiger partial charge is 0.303 e. The molecule has 1 aromatic carbocycles. The Bertz CT molecular complexity index is 1240. The van der Waals surface area contributed by atoms with E-state index >= 15 is 0 Å². The average Bonchev–Trinajstić information content (AvgIpc) is 3.28. The van der Waals surface area contributed by atoms with Gasteiger partial charge in [0, 0.05) is 39.8 Å². The molecular weight excluding hydrogens is 576 g/mol. The van der Waals surface area contributed by atoms with Gasteiger partial charge in [0.05, 0.1) is 5.02 Å². The number of carbonyl (C=O) groups is 4. The van der Waals surface area contributed by atoms with Crippen LogP contribution in [0.1, 0.15) is 53.9 Å². The molecule has 1 aliphatic heterocycles. The number of amides is 1. The third-order valence-corrected chi connectivity index (χ3v) is 7.59. The van der Waals surface area contributed by atoms with E-state index in [0.717, 1.165) is 31.0 Å². The highest BCUT2D eigenvalue weighted by molar-refractivity contribution is 7.99. The zero-order valence-electron chi connectivity index (χ0n) is 23.6. The van der Waals surface area contributed by atoms with Crippen molar-refractivity contribution in [3.63, 3.8) is 0 Å². The Morgan fingerprint density at radius 3 is 2.29 bits per heavy atom. The van der Waals surface area contributed by atoms with Crippen LogP contribution in [0, 0.1) is 0 Å². The Hall–Kier alpha value is -3.16. The largest absolute Gasteiger partial charge is 0.463 e. The van der Waals surface area contributed by atoms with Crippen LogP contribution in [0.5, 0.6) is 0 Å². The van der Waals surface area contributed by atoms with Crippen molar-refractivity contribution in [3.05, 3.63) is 29.3 Å². The molecule has 1 saturated heterocycles. The molecule has 0 bridgehead atoms. The number of rotatable bonds is 12. The summed E-state index contributed by atoms with van der Waals surface area (Å²) in [5, 5.41) is 12.6. The van der Waals surface area contributed by atoms with Crippen molar-refractivity contribution in [2.75, 3.05) is 6.61 Å². The van der Waals surface area contributed by atoms with Crippen molar-refractivity contribution in [2.45, 2.75) is 95.4 Å². The second kappa shape index (κ2) is 15.2. The van der Waals surface area contributed by atoms with Crippen molar-refractivity contribution in [2.24, 2.45) is 0 Å². The van der Waals surface area contributed by atoms with E-state index in [4.69, 9.17) is 30.5 Å². The van der Waals surface area contributed by atoms with Gasteiger partial charge in [-0.05, 0) is 18.6 Å². The van der Waals surface area contributed by atoms with Gasteiger partial charge < -0.3 is 28.8 Å². The second-order valence-electron chi connectivity index (χ2n) is 9.48. The molecule has 5 atom stereocenters. The van der Waals surface area contributed by atoms with Crippen LogP contribution >= 0.6 is 23.4 Å². The number of carbonyl (C=O) groups excluding carboxylic acids is 4. The van der Waals surface area contributed by atoms with Crippen LogP contribution in [-0.2, 0) is 44.7 Å². The summed E-state index contributed by atoms with van der Waals surface area (Å²) < 4.78 is 24.5. The van der Waals surface area contributed by atoms with Gasteiger partial charge in [-0.3, -0.25) is 19.2 Å². The Kier molecular flexibility index (Phi) is 12.0. The highest BCUT2D eigenvalue weighted by Gasteiger charge is 2.51. The predicted octanol–water partition coefficient (Wildman–Crippen LogP) is 3.54. The summed E-state index contributed by atoms with van der Waals surface area (Å²) in [6.07, 6.45) is -0.532. The minimum atomic E-state index is -1.18. The number of nitrogens with one attached hydrogen (secondary N) is 1. The lowest BCUT2D eigenvalue weighted by atomic mass is 9.97. The lowest BCUT2D eigenvalue weighted by Crippen LogP contribution is -2.65. The molecule has 1 aromatic heterocycles. The van der Waals surface area contributed by atoms with Crippen LogP contribution in [0.4, 0.5) is 0 Å². The quantitative estimate of drug-likeness (QED) is 0.214. The number of hydrogen-bond acceptors (Lipinski definition) is 11. The number of nitrogens with zero attached hydrogens (tertiary/aromatic N) is 3. The van der Waals surface area contributed by atoms with E-state index in [0.29, 0.717) is 28.1 Å². The zero-order valence-corrected chi connectivity index (χ0v) is 25.2. The van der Waals surface area contributed by atoms with Gasteiger partial charge in [-0.2, -0.15) is 0 Å². The fourth-order valence-electron chi connectivity index (χ4n) is 4.43.